The highest BCUT2D eigenvalue weighted by molar-refractivity contribution is 4.74. The molecule has 1 fully saturated rings. The summed E-state index contributed by atoms with van der Waals surface area (Å²) in [6.45, 7) is 10.6. The smallest absolute Gasteiger partial charge is 0.0671 e. The van der Waals surface area contributed by atoms with E-state index in [1.54, 1.807) is 0 Å². The van der Waals surface area contributed by atoms with Crippen LogP contribution in [0, 0.1) is 5.92 Å². The fraction of sp³-hybridized carbons (Fsp3) is 1.00. The fourth-order valence-corrected chi connectivity index (χ4v) is 1.09. The van der Waals surface area contributed by atoms with Crippen molar-refractivity contribution in [1.82, 2.24) is 5.32 Å². The second-order valence-electron chi connectivity index (χ2n) is 5.22. The number of ether oxygens (including phenoxy) is 1. The van der Waals surface area contributed by atoms with Gasteiger partial charge in [0.15, 0.2) is 0 Å². The van der Waals surface area contributed by atoms with Crippen LogP contribution in [0.15, 0.2) is 0 Å². The monoisotopic (exact) mass is 185 g/mol. The third kappa shape index (κ3) is 6.05. The lowest BCUT2D eigenvalue weighted by molar-refractivity contribution is 0.0543. The molecule has 1 aliphatic carbocycles. The molecule has 2 heteroatoms. The molecule has 0 aromatic carbocycles. The Bertz CT molecular complexity index is 147. The zero-order chi connectivity index (χ0) is 9.90. The first kappa shape index (κ1) is 11.0. The van der Waals surface area contributed by atoms with E-state index in [0.29, 0.717) is 6.10 Å². The molecule has 0 amide bonds. The second kappa shape index (κ2) is 4.43. The maximum atomic E-state index is 5.70. The molecule has 0 aromatic rings. The van der Waals surface area contributed by atoms with Gasteiger partial charge in [-0.3, -0.25) is 0 Å². The van der Waals surface area contributed by atoms with Crippen molar-refractivity contribution >= 4 is 0 Å². The molecule has 0 aliphatic heterocycles. The van der Waals surface area contributed by atoms with Crippen molar-refractivity contribution < 1.29 is 4.74 Å². The van der Waals surface area contributed by atoms with Gasteiger partial charge in [0.05, 0.1) is 6.10 Å². The third-order valence-corrected chi connectivity index (χ3v) is 2.23. The summed E-state index contributed by atoms with van der Waals surface area (Å²) < 4.78 is 5.70. The van der Waals surface area contributed by atoms with Gasteiger partial charge in [-0.2, -0.15) is 0 Å². The van der Waals surface area contributed by atoms with Crippen molar-refractivity contribution in [1.29, 1.82) is 0 Å². The van der Waals surface area contributed by atoms with Crippen LogP contribution in [0.2, 0.25) is 0 Å². The van der Waals surface area contributed by atoms with E-state index in [4.69, 9.17) is 4.74 Å². The first-order valence-corrected chi connectivity index (χ1v) is 5.34. The summed E-state index contributed by atoms with van der Waals surface area (Å²) in [7, 11) is 0. The number of hydrogen-bond donors (Lipinski definition) is 1. The van der Waals surface area contributed by atoms with E-state index in [-0.39, 0.29) is 5.54 Å². The summed E-state index contributed by atoms with van der Waals surface area (Å²) in [5.74, 6) is 0.872. The lowest BCUT2D eigenvalue weighted by Gasteiger charge is -2.23. The molecule has 0 radical (unpaired) electrons. The van der Waals surface area contributed by atoms with Gasteiger partial charge in [-0.05, 0) is 46.5 Å². The summed E-state index contributed by atoms with van der Waals surface area (Å²) in [4.78, 5) is 0. The van der Waals surface area contributed by atoms with Crippen LogP contribution in [-0.2, 0) is 4.74 Å². The van der Waals surface area contributed by atoms with Crippen LogP contribution < -0.4 is 5.32 Å². The van der Waals surface area contributed by atoms with Crippen LogP contribution in [-0.4, -0.2) is 24.8 Å². The molecule has 1 rings (SSSR count). The largest absolute Gasteiger partial charge is 0.377 e. The van der Waals surface area contributed by atoms with Gasteiger partial charge in [0, 0.05) is 18.7 Å². The van der Waals surface area contributed by atoms with Gasteiger partial charge in [-0.15, -0.1) is 0 Å². The molecule has 0 spiro atoms. The molecule has 2 nitrogen and oxygen atoms in total. The van der Waals surface area contributed by atoms with E-state index < -0.39 is 0 Å². The fourth-order valence-electron chi connectivity index (χ4n) is 1.09. The van der Waals surface area contributed by atoms with E-state index in [1.807, 2.05) is 0 Å². The van der Waals surface area contributed by atoms with Gasteiger partial charge in [0.1, 0.15) is 0 Å². The summed E-state index contributed by atoms with van der Waals surface area (Å²) >= 11 is 0. The highest BCUT2D eigenvalue weighted by atomic mass is 16.5. The first-order chi connectivity index (χ1) is 5.97. The Labute approximate surface area is 82.0 Å². The Morgan fingerprint density at radius 2 is 2.00 bits per heavy atom. The van der Waals surface area contributed by atoms with Crippen LogP contribution in [0.3, 0.4) is 0 Å². The van der Waals surface area contributed by atoms with Crippen LogP contribution in [0.25, 0.3) is 0 Å². The highest BCUT2D eigenvalue weighted by Crippen LogP contribution is 2.29. The lowest BCUT2D eigenvalue weighted by Crippen LogP contribution is -2.40. The summed E-state index contributed by atoms with van der Waals surface area (Å²) in [5, 5.41) is 3.44. The van der Waals surface area contributed by atoms with Gasteiger partial charge in [-0.25, -0.2) is 0 Å². The molecule has 78 valence electrons. The van der Waals surface area contributed by atoms with E-state index in [9.17, 15) is 0 Å². The molecular weight excluding hydrogens is 162 g/mol. The zero-order valence-corrected chi connectivity index (χ0v) is 9.39. The van der Waals surface area contributed by atoms with Crippen molar-refractivity contribution in [3.05, 3.63) is 0 Å². The van der Waals surface area contributed by atoms with Gasteiger partial charge < -0.3 is 10.1 Å². The van der Waals surface area contributed by atoms with E-state index in [1.165, 1.54) is 12.8 Å². The predicted molar refractivity (Wildman–Crippen MR) is 55.9 cm³/mol. The molecule has 1 aliphatic rings. The van der Waals surface area contributed by atoms with Gasteiger partial charge in [0.25, 0.3) is 0 Å². The average Bonchev–Trinajstić information content (AvgIpc) is 2.78. The molecule has 1 saturated carbocycles. The molecule has 1 N–H and O–H groups in total. The van der Waals surface area contributed by atoms with E-state index in [2.05, 4.69) is 33.0 Å². The van der Waals surface area contributed by atoms with Crippen molar-refractivity contribution in [2.24, 2.45) is 5.92 Å². The normalized spacial score (nSPS) is 20.3. The lowest BCUT2D eigenvalue weighted by atomic mass is 10.1. The minimum atomic E-state index is 0.206. The molecule has 0 aromatic heterocycles. The minimum absolute atomic E-state index is 0.206. The molecule has 0 bridgehead atoms. The number of rotatable bonds is 5. The maximum absolute atomic E-state index is 5.70. The SMILES string of the molecule is CC(CNC(C)(C)C)OCC1CC1. The van der Waals surface area contributed by atoms with E-state index in [0.717, 1.165) is 19.1 Å². The summed E-state index contributed by atoms with van der Waals surface area (Å²) in [5.41, 5.74) is 0.206. The highest BCUT2D eigenvalue weighted by Gasteiger charge is 2.22. The number of nitrogens with one attached hydrogen (secondary N) is 1. The third-order valence-electron chi connectivity index (χ3n) is 2.23. The van der Waals surface area contributed by atoms with Crippen molar-refractivity contribution in [2.45, 2.75) is 52.2 Å². The summed E-state index contributed by atoms with van der Waals surface area (Å²) in [6, 6.07) is 0. The standard InChI is InChI=1S/C11H23NO/c1-9(7-12-11(2,3)4)13-8-10-5-6-10/h9-10,12H,5-8H2,1-4H3. The Balaban J connectivity index is 1.99. The first-order valence-electron chi connectivity index (χ1n) is 5.34. The van der Waals surface area contributed by atoms with Crippen LogP contribution in [0.1, 0.15) is 40.5 Å². The average molecular weight is 185 g/mol. The topological polar surface area (TPSA) is 21.3 Å². The van der Waals surface area contributed by atoms with Gasteiger partial charge in [-0.1, -0.05) is 0 Å². The van der Waals surface area contributed by atoms with Crippen molar-refractivity contribution in [2.75, 3.05) is 13.2 Å². The molecule has 0 saturated heterocycles. The van der Waals surface area contributed by atoms with Crippen molar-refractivity contribution in [3.8, 4) is 0 Å². The van der Waals surface area contributed by atoms with Crippen molar-refractivity contribution in [3.63, 3.8) is 0 Å². The minimum Gasteiger partial charge on any atom is -0.377 e. The van der Waals surface area contributed by atoms with Crippen LogP contribution in [0.4, 0.5) is 0 Å². The predicted octanol–water partition coefficient (Wildman–Crippen LogP) is 2.19. The Morgan fingerprint density at radius 3 is 2.46 bits per heavy atom. The second-order valence-corrected chi connectivity index (χ2v) is 5.22. The van der Waals surface area contributed by atoms with Crippen LogP contribution >= 0.6 is 0 Å². The molecule has 1 unspecified atom stereocenters. The van der Waals surface area contributed by atoms with E-state index >= 15 is 0 Å². The Morgan fingerprint density at radius 1 is 1.38 bits per heavy atom. The Hall–Kier alpha value is -0.0800. The molecular formula is C11H23NO. The Kier molecular flexibility index (Phi) is 3.74. The zero-order valence-electron chi connectivity index (χ0n) is 9.39. The summed E-state index contributed by atoms with van der Waals surface area (Å²) in [6.07, 6.45) is 3.10. The van der Waals surface area contributed by atoms with Crippen LogP contribution in [0.5, 0.6) is 0 Å². The molecule has 13 heavy (non-hydrogen) atoms. The van der Waals surface area contributed by atoms with Gasteiger partial charge in [0.2, 0.25) is 0 Å². The molecule has 0 heterocycles. The quantitative estimate of drug-likeness (QED) is 0.709. The van der Waals surface area contributed by atoms with Gasteiger partial charge >= 0.3 is 0 Å². The number of hydrogen-bond acceptors (Lipinski definition) is 2. The molecule has 1 atom stereocenters. The maximum Gasteiger partial charge on any atom is 0.0671 e.